The molecule has 0 amide bonds. The van der Waals surface area contributed by atoms with E-state index in [1.54, 1.807) is 11.3 Å². The molecule has 1 aromatic heterocycles. The van der Waals surface area contributed by atoms with Crippen LogP contribution in [0.5, 0.6) is 5.75 Å². The lowest BCUT2D eigenvalue weighted by atomic mass is 10.1. The molecular formula is C23H25N3OS. The molecule has 3 heterocycles. The zero-order valence-corrected chi connectivity index (χ0v) is 17.2. The molecule has 3 aromatic rings. The lowest BCUT2D eigenvalue weighted by Gasteiger charge is -2.38. The van der Waals surface area contributed by atoms with Crippen LogP contribution in [0.1, 0.15) is 24.4 Å². The SMILES string of the molecule is CC(C)N1CCN(c2ccc3c(c2)OCC(c2nc4ccccc4s2)=C3)CC1. The molecule has 2 aliphatic rings. The number of hydrogen-bond donors (Lipinski definition) is 0. The Labute approximate surface area is 170 Å². The van der Waals surface area contributed by atoms with Crippen LogP contribution < -0.4 is 9.64 Å². The van der Waals surface area contributed by atoms with Crippen LogP contribution in [0.3, 0.4) is 0 Å². The minimum Gasteiger partial charge on any atom is -0.488 e. The molecule has 5 rings (SSSR count). The highest BCUT2D eigenvalue weighted by molar-refractivity contribution is 7.19. The fourth-order valence-electron chi connectivity index (χ4n) is 3.98. The first-order chi connectivity index (χ1) is 13.7. The average molecular weight is 392 g/mol. The zero-order chi connectivity index (χ0) is 19.1. The third-order valence-electron chi connectivity index (χ3n) is 5.69. The molecular weight excluding hydrogens is 366 g/mol. The van der Waals surface area contributed by atoms with Crippen LogP contribution in [-0.2, 0) is 0 Å². The Morgan fingerprint density at radius 2 is 1.86 bits per heavy atom. The van der Waals surface area contributed by atoms with Crippen molar-refractivity contribution in [2.45, 2.75) is 19.9 Å². The van der Waals surface area contributed by atoms with Gasteiger partial charge in [0.05, 0.1) is 10.2 Å². The number of para-hydroxylation sites is 1. The van der Waals surface area contributed by atoms with E-state index in [4.69, 9.17) is 9.72 Å². The van der Waals surface area contributed by atoms with Gasteiger partial charge in [0, 0.05) is 55.1 Å². The second kappa shape index (κ2) is 7.22. The summed E-state index contributed by atoms with van der Waals surface area (Å²) in [5.74, 6) is 0.980. The van der Waals surface area contributed by atoms with Crippen LogP contribution in [0, 0.1) is 0 Å². The molecule has 2 aliphatic heterocycles. The Bertz CT molecular complexity index is 998. The van der Waals surface area contributed by atoms with Gasteiger partial charge in [0.2, 0.25) is 0 Å². The maximum absolute atomic E-state index is 6.14. The monoisotopic (exact) mass is 391 g/mol. The molecule has 5 heteroatoms. The molecule has 0 aliphatic carbocycles. The first kappa shape index (κ1) is 17.7. The number of aromatic nitrogens is 1. The van der Waals surface area contributed by atoms with E-state index in [2.05, 4.69) is 66.1 Å². The Hall–Kier alpha value is -2.37. The molecule has 0 radical (unpaired) electrons. The quantitative estimate of drug-likeness (QED) is 0.644. The smallest absolute Gasteiger partial charge is 0.129 e. The van der Waals surface area contributed by atoms with Crippen molar-refractivity contribution in [3.63, 3.8) is 0 Å². The van der Waals surface area contributed by atoms with Gasteiger partial charge in [-0.1, -0.05) is 12.1 Å². The third-order valence-corrected chi connectivity index (χ3v) is 6.80. The molecule has 1 saturated heterocycles. The minimum absolute atomic E-state index is 0.581. The fraction of sp³-hybridized carbons (Fsp3) is 0.348. The van der Waals surface area contributed by atoms with E-state index in [1.165, 1.54) is 10.4 Å². The molecule has 0 atom stereocenters. The van der Waals surface area contributed by atoms with Crippen molar-refractivity contribution in [2.75, 3.05) is 37.7 Å². The first-order valence-corrected chi connectivity index (χ1v) is 10.8. The van der Waals surface area contributed by atoms with Gasteiger partial charge in [-0.15, -0.1) is 11.3 Å². The normalized spacial score (nSPS) is 17.5. The van der Waals surface area contributed by atoms with Crippen LogP contribution in [-0.4, -0.2) is 48.7 Å². The standard InChI is InChI=1S/C23H25N3OS/c1-16(2)25-9-11-26(12-10-25)19-8-7-17-13-18(15-27-21(17)14-19)23-24-20-5-3-4-6-22(20)28-23/h3-8,13-14,16H,9-12,15H2,1-2H3. The number of benzene rings is 2. The highest BCUT2D eigenvalue weighted by atomic mass is 32.1. The summed E-state index contributed by atoms with van der Waals surface area (Å²) >= 11 is 1.73. The highest BCUT2D eigenvalue weighted by Crippen LogP contribution is 2.36. The van der Waals surface area contributed by atoms with Crippen LogP contribution in [0.2, 0.25) is 0 Å². The molecule has 0 N–H and O–H groups in total. The van der Waals surface area contributed by atoms with E-state index >= 15 is 0 Å². The van der Waals surface area contributed by atoms with Gasteiger partial charge in [-0.25, -0.2) is 4.98 Å². The number of anilines is 1. The fourth-order valence-corrected chi connectivity index (χ4v) is 4.94. The van der Waals surface area contributed by atoms with E-state index in [0.717, 1.165) is 53.6 Å². The van der Waals surface area contributed by atoms with Crippen molar-refractivity contribution in [3.8, 4) is 5.75 Å². The maximum Gasteiger partial charge on any atom is 0.129 e. The molecule has 1 fully saturated rings. The molecule has 28 heavy (non-hydrogen) atoms. The summed E-state index contributed by atoms with van der Waals surface area (Å²) in [6, 6.07) is 15.5. The number of hydrogen-bond acceptors (Lipinski definition) is 5. The van der Waals surface area contributed by atoms with E-state index in [1.807, 2.05) is 6.07 Å². The second-order valence-corrected chi connectivity index (χ2v) is 8.81. The zero-order valence-electron chi connectivity index (χ0n) is 16.4. The molecule has 0 bridgehead atoms. The van der Waals surface area contributed by atoms with E-state index in [9.17, 15) is 0 Å². The van der Waals surface area contributed by atoms with Crippen molar-refractivity contribution in [1.82, 2.24) is 9.88 Å². The van der Waals surface area contributed by atoms with Crippen molar-refractivity contribution < 1.29 is 4.74 Å². The van der Waals surface area contributed by atoms with Crippen LogP contribution in [0.4, 0.5) is 5.69 Å². The van der Waals surface area contributed by atoms with Gasteiger partial charge in [-0.05, 0) is 44.2 Å². The summed E-state index contributed by atoms with van der Waals surface area (Å²) in [6.07, 6.45) is 2.23. The maximum atomic E-state index is 6.14. The topological polar surface area (TPSA) is 28.6 Å². The lowest BCUT2D eigenvalue weighted by Crippen LogP contribution is -2.48. The molecule has 0 spiro atoms. The Morgan fingerprint density at radius 1 is 1.04 bits per heavy atom. The van der Waals surface area contributed by atoms with Crippen LogP contribution in [0.15, 0.2) is 42.5 Å². The van der Waals surface area contributed by atoms with E-state index < -0.39 is 0 Å². The number of thiazole rings is 1. The minimum atomic E-state index is 0.581. The van der Waals surface area contributed by atoms with Gasteiger partial charge in [-0.2, -0.15) is 0 Å². The molecule has 144 valence electrons. The van der Waals surface area contributed by atoms with Crippen molar-refractivity contribution >= 4 is 38.9 Å². The van der Waals surface area contributed by atoms with Crippen molar-refractivity contribution in [3.05, 3.63) is 53.0 Å². The summed E-state index contributed by atoms with van der Waals surface area (Å²) < 4.78 is 7.36. The summed E-state index contributed by atoms with van der Waals surface area (Å²) in [6.45, 7) is 9.52. The van der Waals surface area contributed by atoms with Crippen LogP contribution >= 0.6 is 11.3 Å². The number of fused-ring (bicyclic) bond motifs is 2. The Morgan fingerprint density at radius 3 is 2.64 bits per heavy atom. The Kier molecular flexibility index (Phi) is 4.57. The molecule has 0 unspecified atom stereocenters. The second-order valence-electron chi connectivity index (χ2n) is 7.78. The van der Waals surface area contributed by atoms with E-state index in [0.29, 0.717) is 12.6 Å². The summed E-state index contributed by atoms with van der Waals surface area (Å²) in [4.78, 5) is 9.79. The third kappa shape index (κ3) is 3.29. The number of nitrogens with zero attached hydrogens (tertiary/aromatic N) is 3. The van der Waals surface area contributed by atoms with Gasteiger partial charge in [0.15, 0.2) is 0 Å². The predicted molar refractivity (Wildman–Crippen MR) is 118 cm³/mol. The van der Waals surface area contributed by atoms with Gasteiger partial charge in [0.1, 0.15) is 17.4 Å². The first-order valence-electron chi connectivity index (χ1n) is 10.00. The summed E-state index contributed by atoms with van der Waals surface area (Å²) in [5, 5.41) is 1.06. The molecule has 4 nitrogen and oxygen atoms in total. The average Bonchev–Trinajstić information content (AvgIpc) is 3.17. The van der Waals surface area contributed by atoms with Gasteiger partial charge in [0.25, 0.3) is 0 Å². The van der Waals surface area contributed by atoms with Crippen molar-refractivity contribution in [1.29, 1.82) is 0 Å². The summed E-state index contributed by atoms with van der Waals surface area (Å²) in [5.41, 5.74) is 4.63. The number of rotatable bonds is 3. The van der Waals surface area contributed by atoms with Gasteiger partial charge < -0.3 is 9.64 Å². The number of piperazine rings is 1. The predicted octanol–water partition coefficient (Wildman–Crippen LogP) is 4.76. The van der Waals surface area contributed by atoms with Crippen LogP contribution in [0.25, 0.3) is 21.9 Å². The lowest BCUT2D eigenvalue weighted by molar-refractivity contribution is 0.209. The van der Waals surface area contributed by atoms with E-state index in [-0.39, 0.29) is 0 Å². The molecule has 0 saturated carbocycles. The van der Waals surface area contributed by atoms with Gasteiger partial charge >= 0.3 is 0 Å². The highest BCUT2D eigenvalue weighted by Gasteiger charge is 2.21. The summed E-state index contributed by atoms with van der Waals surface area (Å²) in [7, 11) is 0. The largest absolute Gasteiger partial charge is 0.488 e. The number of ether oxygens (including phenoxy) is 1. The van der Waals surface area contributed by atoms with Gasteiger partial charge in [-0.3, -0.25) is 4.90 Å². The Balaban J connectivity index is 1.37. The molecule has 2 aromatic carbocycles. The van der Waals surface area contributed by atoms with Crippen molar-refractivity contribution in [2.24, 2.45) is 0 Å².